The highest BCUT2D eigenvalue weighted by molar-refractivity contribution is 14.1. The van der Waals surface area contributed by atoms with Crippen LogP contribution in [0.5, 0.6) is 0 Å². The fourth-order valence-corrected chi connectivity index (χ4v) is 1.54. The van der Waals surface area contributed by atoms with E-state index in [-0.39, 0.29) is 0 Å². The van der Waals surface area contributed by atoms with Gasteiger partial charge in [-0.2, -0.15) is 5.26 Å². The Bertz CT molecular complexity index is 367. The molecule has 0 aromatic heterocycles. The summed E-state index contributed by atoms with van der Waals surface area (Å²) < 4.78 is 1.18. The summed E-state index contributed by atoms with van der Waals surface area (Å²) in [5.41, 5.74) is 0.939. The molecule has 14 heavy (non-hydrogen) atoms. The zero-order chi connectivity index (χ0) is 10.4. The Morgan fingerprint density at radius 2 is 2.14 bits per heavy atom. The van der Waals surface area contributed by atoms with Crippen molar-refractivity contribution in [3.05, 3.63) is 27.8 Å². The smallest absolute Gasteiger partial charge is 0.208 e. The van der Waals surface area contributed by atoms with Gasteiger partial charge in [-0.3, -0.25) is 0 Å². The maximum absolute atomic E-state index is 8.40. The number of anilines is 1. The molecule has 5 heteroatoms. The van der Waals surface area contributed by atoms with Gasteiger partial charge in [0.2, 0.25) is 6.19 Å². The normalized spacial score (nSPS) is 10.8. The van der Waals surface area contributed by atoms with Crippen LogP contribution in [-0.2, 0) is 0 Å². The largest absolute Gasteiger partial charge is 0.334 e. The third-order valence-electron chi connectivity index (χ3n) is 1.44. The number of amidine groups is 1. The van der Waals surface area contributed by atoms with Crippen molar-refractivity contribution < 1.29 is 0 Å². The summed E-state index contributed by atoms with van der Waals surface area (Å²) in [6, 6.07) is 7.89. The van der Waals surface area contributed by atoms with Gasteiger partial charge in [0.05, 0.1) is 0 Å². The van der Waals surface area contributed by atoms with Gasteiger partial charge in [-0.15, -0.1) is 4.99 Å². The molecule has 0 saturated carbocycles. The van der Waals surface area contributed by atoms with Crippen LogP contribution in [0, 0.1) is 15.0 Å². The maximum Gasteiger partial charge on any atom is 0.208 e. The molecule has 0 bridgehead atoms. The van der Waals surface area contributed by atoms with Crippen LogP contribution < -0.4 is 5.32 Å². The van der Waals surface area contributed by atoms with E-state index in [1.54, 1.807) is 6.19 Å². The first-order valence-electron chi connectivity index (χ1n) is 3.79. The maximum atomic E-state index is 8.40. The second-order valence-electron chi connectivity index (χ2n) is 2.35. The van der Waals surface area contributed by atoms with Gasteiger partial charge in [-0.25, -0.2) is 0 Å². The molecule has 0 amide bonds. The summed E-state index contributed by atoms with van der Waals surface area (Å²) >= 11 is 3.65. The van der Waals surface area contributed by atoms with Gasteiger partial charge in [-0.1, -0.05) is 11.8 Å². The predicted molar refractivity (Wildman–Crippen MR) is 69.3 cm³/mol. The summed E-state index contributed by atoms with van der Waals surface area (Å²) in [6.07, 6.45) is 3.62. The molecule has 1 aromatic carbocycles. The molecule has 0 aliphatic carbocycles. The first-order chi connectivity index (χ1) is 6.76. The van der Waals surface area contributed by atoms with Crippen LogP contribution in [0.1, 0.15) is 0 Å². The van der Waals surface area contributed by atoms with Gasteiger partial charge < -0.3 is 5.32 Å². The lowest BCUT2D eigenvalue weighted by molar-refractivity contribution is 1.44. The molecule has 0 aliphatic rings. The van der Waals surface area contributed by atoms with E-state index < -0.39 is 0 Å². The summed E-state index contributed by atoms with van der Waals surface area (Å²) in [7, 11) is 0. The number of thioether (sulfide) groups is 1. The summed E-state index contributed by atoms with van der Waals surface area (Å²) in [5, 5.41) is 12.0. The Labute approximate surface area is 101 Å². The Hall–Kier alpha value is -0.740. The van der Waals surface area contributed by atoms with Crippen molar-refractivity contribution in [3.8, 4) is 6.19 Å². The average Bonchev–Trinajstić information content (AvgIpc) is 2.20. The van der Waals surface area contributed by atoms with Crippen LogP contribution in [0.15, 0.2) is 29.3 Å². The number of hydrogen-bond acceptors (Lipinski definition) is 3. The van der Waals surface area contributed by atoms with Gasteiger partial charge in [0.1, 0.15) is 0 Å². The van der Waals surface area contributed by atoms with Crippen molar-refractivity contribution in [2.45, 2.75) is 0 Å². The third-order valence-corrected chi connectivity index (χ3v) is 2.74. The van der Waals surface area contributed by atoms with Crippen molar-refractivity contribution in [1.82, 2.24) is 0 Å². The third kappa shape index (κ3) is 3.55. The van der Waals surface area contributed by atoms with Crippen molar-refractivity contribution >= 4 is 45.2 Å². The van der Waals surface area contributed by atoms with Crippen molar-refractivity contribution in [3.63, 3.8) is 0 Å². The lowest BCUT2D eigenvalue weighted by atomic mass is 10.3. The number of nitrogens with zero attached hydrogens (tertiary/aromatic N) is 2. The predicted octanol–water partition coefficient (Wildman–Crippen LogP) is 2.90. The number of rotatable bonds is 1. The van der Waals surface area contributed by atoms with Gasteiger partial charge in [0, 0.05) is 9.26 Å². The number of halogens is 1. The Balaban J connectivity index is 2.74. The molecule has 1 aromatic rings. The van der Waals surface area contributed by atoms with Crippen molar-refractivity contribution in [2.24, 2.45) is 4.99 Å². The number of aliphatic imine (C=N–C) groups is 1. The van der Waals surface area contributed by atoms with Gasteiger partial charge in [0.25, 0.3) is 0 Å². The average molecular weight is 317 g/mol. The van der Waals surface area contributed by atoms with Crippen LogP contribution in [0.25, 0.3) is 0 Å². The Kier molecular flexibility index (Phi) is 4.76. The summed E-state index contributed by atoms with van der Waals surface area (Å²) in [6.45, 7) is 0. The monoisotopic (exact) mass is 317 g/mol. The van der Waals surface area contributed by atoms with E-state index in [1.165, 1.54) is 15.3 Å². The minimum absolute atomic E-state index is 0.605. The van der Waals surface area contributed by atoms with E-state index in [0.717, 1.165) is 5.69 Å². The SMILES string of the molecule is CS/C(=N\C#N)Nc1ccc(I)cc1. The molecule has 0 aliphatic heterocycles. The molecular formula is C9H8IN3S. The van der Waals surface area contributed by atoms with E-state index in [2.05, 4.69) is 32.9 Å². The molecule has 0 radical (unpaired) electrons. The number of nitriles is 1. The molecule has 0 fully saturated rings. The Morgan fingerprint density at radius 1 is 1.50 bits per heavy atom. The van der Waals surface area contributed by atoms with Crippen LogP contribution in [-0.4, -0.2) is 11.4 Å². The molecule has 3 nitrogen and oxygen atoms in total. The van der Waals surface area contributed by atoms with E-state index in [0.29, 0.717) is 5.17 Å². The van der Waals surface area contributed by atoms with Gasteiger partial charge >= 0.3 is 0 Å². The number of nitrogens with one attached hydrogen (secondary N) is 1. The topological polar surface area (TPSA) is 48.2 Å². The molecule has 0 atom stereocenters. The summed E-state index contributed by atoms with van der Waals surface area (Å²) in [5.74, 6) is 0. The standard InChI is InChI=1S/C9H8IN3S/c1-14-9(12-6-11)13-8-4-2-7(10)3-5-8/h2-5H,1H3,(H,12,13). The van der Waals surface area contributed by atoms with Crippen LogP contribution in [0.2, 0.25) is 0 Å². The molecular weight excluding hydrogens is 309 g/mol. The minimum atomic E-state index is 0.605. The first kappa shape index (κ1) is 11.3. The van der Waals surface area contributed by atoms with Crippen LogP contribution in [0.4, 0.5) is 5.69 Å². The van der Waals surface area contributed by atoms with Crippen molar-refractivity contribution in [1.29, 1.82) is 5.26 Å². The zero-order valence-electron chi connectivity index (χ0n) is 7.49. The highest BCUT2D eigenvalue weighted by Crippen LogP contribution is 2.12. The van der Waals surface area contributed by atoms with E-state index in [1.807, 2.05) is 30.5 Å². The summed E-state index contributed by atoms with van der Waals surface area (Å²) in [4.78, 5) is 3.63. The lowest BCUT2D eigenvalue weighted by Gasteiger charge is -2.04. The minimum Gasteiger partial charge on any atom is -0.334 e. The second kappa shape index (κ2) is 5.88. The molecule has 1 N–H and O–H groups in total. The quantitative estimate of drug-likeness (QED) is 0.375. The molecule has 72 valence electrons. The molecule has 0 heterocycles. The fourth-order valence-electron chi connectivity index (χ4n) is 0.827. The highest BCUT2D eigenvalue weighted by Gasteiger charge is 1.97. The molecule has 1 rings (SSSR count). The van der Waals surface area contributed by atoms with Crippen LogP contribution >= 0.6 is 34.4 Å². The second-order valence-corrected chi connectivity index (χ2v) is 4.39. The zero-order valence-corrected chi connectivity index (χ0v) is 10.5. The van der Waals surface area contributed by atoms with E-state index in [4.69, 9.17) is 5.26 Å². The van der Waals surface area contributed by atoms with Gasteiger partial charge in [0.15, 0.2) is 5.17 Å². The molecule has 0 unspecified atom stereocenters. The first-order valence-corrected chi connectivity index (χ1v) is 6.10. The Morgan fingerprint density at radius 3 is 2.64 bits per heavy atom. The molecule has 0 saturated heterocycles. The molecule has 0 spiro atoms. The van der Waals surface area contributed by atoms with Crippen molar-refractivity contribution in [2.75, 3.05) is 11.6 Å². The lowest BCUT2D eigenvalue weighted by Crippen LogP contribution is -2.06. The fraction of sp³-hybridized carbons (Fsp3) is 0.111. The number of hydrogen-bond donors (Lipinski definition) is 1. The highest BCUT2D eigenvalue weighted by atomic mass is 127. The van der Waals surface area contributed by atoms with E-state index in [9.17, 15) is 0 Å². The van der Waals surface area contributed by atoms with Crippen LogP contribution in [0.3, 0.4) is 0 Å². The van der Waals surface area contributed by atoms with Gasteiger partial charge in [-0.05, 0) is 53.1 Å². The number of benzene rings is 1. The van der Waals surface area contributed by atoms with E-state index >= 15 is 0 Å².